The van der Waals surface area contributed by atoms with Crippen LogP contribution in [0.1, 0.15) is 27.6 Å². The van der Waals surface area contributed by atoms with Crippen LogP contribution in [-0.4, -0.2) is 16.7 Å². The summed E-state index contributed by atoms with van der Waals surface area (Å²) in [6, 6.07) is 18.0. The second-order valence-corrected chi connectivity index (χ2v) is 7.48. The minimum atomic E-state index is -0.208. The monoisotopic (exact) mass is 426 g/mol. The fourth-order valence-electron chi connectivity index (χ4n) is 2.27. The fraction of sp³-hybridized carbons (Fsp3) is 0.0500. The maximum absolute atomic E-state index is 12.7. The molecule has 0 fully saturated rings. The van der Waals surface area contributed by atoms with Crippen molar-refractivity contribution in [3.63, 3.8) is 0 Å². The Bertz CT molecular complexity index is 941. The zero-order valence-corrected chi connectivity index (χ0v) is 16.3. The fourth-order valence-corrected chi connectivity index (χ4v) is 3.38. The lowest BCUT2D eigenvalue weighted by Gasteiger charge is -2.10. The number of anilines is 1. The summed E-state index contributed by atoms with van der Waals surface area (Å²) >= 11 is 4.79. The Labute approximate surface area is 164 Å². The average molecular weight is 427 g/mol. The van der Waals surface area contributed by atoms with E-state index in [4.69, 9.17) is 0 Å². The number of nitrogens with one attached hydrogen (secondary N) is 1. The molecule has 0 aliphatic carbocycles. The number of hydrogen-bond donors (Lipinski definition) is 1. The van der Waals surface area contributed by atoms with Crippen molar-refractivity contribution in [2.75, 3.05) is 5.32 Å². The molecule has 0 aliphatic heterocycles. The normalized spacial score (nSPS) is 10.4. The van der Waals surface area contributed by atoms with Crippen molar-refractivity contribution in [2.45, 2.75) is 16.8 Å². The van der Waals surface area contributed by atoms with Crippen molar-refractivity contribution >= 4 is 45.1 Å². The lowest BCUT2D eigenvalue weighted by atomic mass is 10.1. The van der Waals surface area contributed by atoms with Crippen LogP contribution in [0.25, 0.3) is 0 Å². The van der Waals surface area contributed by atoms with Crippen LogP contribution in [-0.2, 0) is 0 Å². The first-order valence-electron chi connectivity index (χ1n) is 7.84. The molecular weight excluding hydrogens is 412 g/mol. The molecule has 1 N–H and O–H groups in total. The number of aromatic nitrogens is 1. The quantitative estimate of drug-likeness (QED) is 0.550. The Morgan fingerprint density at radius 3 is 2.38 bits per heavy atom. The molecule has 0 spiro atoms. The van der Waals surface area contributed by atoms with E-state index in [-0.39, 0.29) is 11.7 Å². The molecule has 3 rings (SSSR count). The van der Waals surface area contributed by atoms with Gasteiger partial charge in [0.05, 0.1) is 5.56 Å². The molecule has 26 heavy (non-hydrogen) atoms. The third-order valence-electron chi connectivity index (χ3n) is 3.60. The highest BCUT2D eigenvalue weighted by Gasteiger charge is 2.13. The molecule has 4 nitrogen and oxygen atoms in total. The van der Waals surface area contributed by atoms with Crippen LogP contribution < -0.4 is 5.32 Å². The van der Waals surface area contributed by atoms with Gasteiger partial charge in [0.1, 0.15) is 5.03 Å². The minimum Gasteiger partial charge on any atom is -0.322 e. The third kappa shape index (κ3) is 4.59. The van der Waals surface area contributed by atoms with E-state index in [2.05, 4.69) is 26.2 Å². The van der Waals surface area contributed by atoms with Gasteiger partial charge < -0.3 is 5.32 Å². The van der Waals surface area contributed by atoms with Crippen LogP contribution in [0.3, 0.4) is 0 Å². The minimum absolute atomic E-state index is 0.00776. The van der Waals surface area contributed by atoms with E-state index in [1.807, 2.05) is 30.3 Å². The number of amides is 1. The summed E-state index contributed by atoms with van der Waals surface area (Å²) < 4.78 is 0.905. The van der Waals surface area contributed by atoms with E-state index in [0.717, 1.165) is 14.4 Å². The first-order valence-corrected chi connectivity index (χ1v) is 9.44. The van der Waals surface area contributed by atoms with E-state index >= 15 is 0 Å². The Hall–Kier alpha value is -2.44. The van der Waals surface area contributed by atoms with Crippen LogP contribution in [0.2, 0.25) is 0 Å². The van der Waals surface area contributed by atoms with Crippen molar-refractivity contribution in [3.05, 3.63) is 82.5 Å². The van der Waals surface area contributed by atoms with E-state index < -0.39 is 0 Å². The number of carbonyl (C=O) groups is 2. The van der Waals surface area contributed by atoms with E-state index in [1.165, 1.54) is 18.7 Å². The van der Waals surface area contributed by atoms with Gasteiger partial charge >= 0.3 is 0 Å². The third-order valence-corrected chi connectivity index (χ3v) is 5.09. The highest BCUT2D eigenvalue weighted by atomic mass is 79.9. The summed E-state index contributed by atoms with van der Waals surface area (Å²) in [6.45, 7) is 1.51. The second kappa shape index (κ2) is 8.29. The summed E-state index contributed by atoms with van der Waals surface area (Å²) in [6.07, 6.45) is 1.72. The Balaban J connectivity index is 1.79. The van der Waals surface area contributed by atoms with Gasteiger partial charge in [-0.05, 0) is 71.4 Å². The van der Waals surface area contributed by atoms with Gasteiger partial charge in [0, 0.05) is 26.8 Å². The Kier molecular flexibility index (Phi) is 5.85. The van der Waals surface area contributed by atoms with Gasteiger partial charge in [-0.1, -0.05) is 23.9 Å². The average Bonchev–Trinajstić information content (AvgIpc) is 2.64. The number of halogens is 1. The Morgan fingerprint density at radius 1 is 1.00 bits per heavy atom. The van der Waals surface area contributed by atoms with Gasteiger partial charge in [-0.3, -0.25) is 9.59 Å². The molecule has 0 atom stereocenters. The van der Waals surface area contributed by atoms with E-state index in [0.29, 0.717) is 16.8 Å². The van der Waals surface area contributed by atoms with Crippen molar-refractivity contribution in [1.82, 2.24) is 4.98 Å². The molecule has 2 aromatic carbocycles. The number of Topliss-reactive ketones (excluding diaryl/α,β-unsaturated/α-hetero) is 1. The number of benzene rings is 2. The molecule has 1 heterocycles. The highest BCUT2D eigenvalue weighted by molar-refractivity contribution is 9.10. The van der Waals surface area contributed by atoms with Crippen LogP contribution >= 0.6 is 27.7 Å². The second-order valence-electron chi connectivity index (χ2n) is 5.50. The van der Waals surface area contributed by atoms with Crippen LogP contribution in [0, 0.1) is 0 Å². The lowest BCUT2D eigenvalue weighted by molar-refractivity contribution is 0.101. The predicted octanol–water partition coefficient (Wildman–Crippen LogP) is 5.45. The summed E-state index contributed by atoms with van der Waals surface area (Å²) in [5.74, 6) is -0.215. The molecule has 6 heteroatoms. The van der Waals surface area contributed by atoms with Gasteiger partial charge in [0.25, 0.3) is 5.91 Å². The molecule has 1 amide bonds. The standard InChI is InChI=1S/C20H15BrN2O2S/c1-13(24)14-6-9-16(10-7-14)23-20(25)17-4-2-3-5-18(17)26-19-11-8-15(21)12-22-19/h2-12H,1H3,(H,23,25). The number of carbonyl (C=O) groups excluding carboxylic acids is 2. The van der Waals surface area contributed by atoms with E-state index in [1.54, 1.807) is 36.5 Å². The number of ketones is 1. The molecule has 0 radical (unpaired) electrons. The number of hydrogen-bond acceptors (Lipinski definition) is 4. The lowest BCUT2D eigenvalue weighted by Crippen LogP contribution is -2.13. The van der Waals surface area contributed by atoms with Gasteiger partial charge in [-0.2, -0.15) is 0 Å². The highest BCUT2D eigenvalue weighted by Crippen LogP contribution is 2.30. The van der Waals surface area contributed by atoms with Crippen molar-refractivity contribution in [3.8, 4) is 0 Å². The zero-order valence-electron chi connectivity index (χ0n) is 13.9. The summed E-state index contributed by atoms with van der Waals surface area (Å²) in [4.78, 5) is 29.2. The van der Waals surface area contributed by atoms with Gasteiger partial charge in [-0.15, -0.1) is 0 Å². The molecule has 130 valence electrons. The molecule has 0 saturated carbocycles. The number of rotatable bonds is 5. The van der Waals surface area contributed by atoms with Crippen LogP contribution in [0.15, 0.2) is 81.3 Å². The van der Waals surface area contributed by atoms with E-state index in [9.17, 15) is 9.59 Å². The molecule has 0 bridgehead atoms. The largest absolute Gasteiger partial charge is 0.322 e. The Morgan fingerprint density at radius 2 is 1.73 bits per heavy atom. The summed E-state index contributed by atoms with van der Waals surface area (Å²) in [5, 5.41) is 3.67. The summed E-state index contributed by atoms with van der Waals surface area (Å²) in [5.41, 5.74) is 1.82. The molecule has 0 aliphatic rings. The van der Waals surface area contributed by atoms with Gasteiger partial charge in [-0.25, -0.2) is 4.98 Å². The SMILES string of the molecule is CC(=O)c1ccc(NC(=O)c2ccccc2Sc2ccc(Br)cn2)cc1. The smallest absolute Gasteiger partial charge is 0.256 e. The molecule has 0 saturated heterocycles. The summed E-state index contributed by atoms with van der Waals surface area (Å²) in [7, 11) is 0. The first kappa shape index (κ1) is 18.4. The zero-order chi connectivity index (χ0) is 18.5. The molecule has 3 aromatic rings. The topological polar surface area (TPSA) is 59.1 Å². The predicted molar refractivity (Wildman–Crippen MR) is 107 cm³/mol. The maximum atomic E-state index is 12.7. The van der Waals surface area contributed by atoms with Crippen molar-refractivity contribution in [2.24, 2.45) is 0 Å². The van der Waals surface area contributed by atoms with Crippen LogP contribution in [0.5, 0.6) is 0 Å². The van der Waals surface area contributed by atoms with Gasteiger partial charge in [0.15, 0.2) is 5.78 Å². The van der Waals surface area contributed by atoms with Gasteiger partial charge in [0.2, 0.25) is 0 Å². The van der Waals surface area contributed by atoms with Crippen molar-refractivity contribution < 1.29 is 9.59 Å². The maximum Gasteiger partial charge on any atom is 0.256 e. The van der Waals surface area contributed by atoms with Crippen LogP contribution in [0.4, 0.5) is 5.69 Å². The van der Waals surface area contributed by atoms with Crippen molar-refractivity contribution in [1.29, 1.82) is 0 Å². The molecule has 1 aromatic heterocycles. The number of pyridine rings is 1. The molecule has 0 unspecified atom stereocenters. The first-order chi connectivity index (χ1) is 12.5. The number of nitrogens with zero attached hydrogens (tertiary/aromatic N) is 1. The molecular formula is C20H15BrN2O2S.